The van der Waals surface area contributed by atoms with E-state index < -0.39 is 0 Å². The van der Waals surface area contributed by atoms with E-state index in [1.165, 1.54) is 16.3 Å². The molecule has 0 saturated carbocycles. The van der Waals surface area contributed by atoms with Gasteiger partial charge in [0.15, 0.2) is 0 Å². The summed E-state index contributed by atoms with van der Waals surface area (Å²) in [5, 5.41) is 2.66. The second-order valence-corrected chi connectivity index (χ2v) is 6.11. The minimum Gasteiger partial charge on any atom is -0.372 e. The highest BCUT2D eigenvalue weighted by molar-refractivity contribution is 5.86. The van der Waals surface area contributed by atoms with E-state index in [9.17, 15) is 0 Å². The SMILES string of the molecule is CC(c1cccc2ccccc12)N(CC1CO1)CC1CO1. The molecule has 0 aliphatic carbocycles. The molecule has 0 radical (unpaired) electrons. The Morgan fingerprint density at radius 1 is 1.00 bits per heavy atom. The third kappa shape index (κ3) is 2.95. The number of nitrogens with zero attached hydrogens (tertiary/aromatic N) is 1. The summed E-state index contributed by atoms with van der Waals surface area (Å²) in [4.78, 5) is 2.51. The number of benzene rings is 2. The highest BCUT2D eigenvalue weighted by Gasteiger charge is 2.33. The number of rotatable bonds is 6. The summed E-state index contributed by atoms with van der Waals surface area (Å²) in [6.45, 7) is 6.12. The van der Waals surface area contributed by atoms with Gasteiger partial charge >= 0.3 is 0 Å². The van der Waals surface area contributed by atoms with E-state index in [4.69, 9.17) is 9.47 Å². The normalized spacial score (nSPS) is 25.2. The van der Waals surface area contributed by atoms with Crippen LogP contribution in [0.2, 0.25) is 0 Å². The standard InChI is InChI=1S/C18H21NO2/c1-13(19(9-15-11-20-15)10-16-12-21-16)17-8-4-6-14-5-2-3-7-18(14)17/h2-8,13,15-16H,9-12H2,1H3. The van der Waals surface area contributed by atoms with Gasteiger partial charge in [0, 0.05) is 19.1 Å². The minimum atomic E-state index is 0.379. The summed E-state index contributed by atoms with van der Waals surface area (Å²) in [6.07, 6.45) is 0.836. The topological polar surface area (TPSA) is 28.3 Å². The van der Waals surface area contributed by atoms with Gasteiger partial charge in [-0.25, -0.2) is 0 Å². The van der Waals surface area contributed by atoms with Crippen molar-refractivity contribution in [1.29, 1.82) is 0 Å². The van der Waals surface area contributed by atoms with Crippen LogP contribution in [0.4, 0.5) is 0 Å². The Morgan fingerprint density at radius 3 is 2.29 bits per heavy atom. The lowest BCUT2D eigenvalue weighted by atomic mass is 9.98. The molecule has 2 aromatic rings. The van der Waals surface area contributed by atoms with Crippen molar-refractivity contribution in [2.75, 3.05) is 26.3 Å². The van der Waals surface area contributed by atoms with Crippen LogP contribution in [0.5, 0.6) is 0 Å². The summed E-state index contributed by atoms with van der Waals surface area (Å²) in [7, 11) is 0. The van der Waals surface area contributed by atoms with Gasteiger partial charge in [0.2, 0.25) is 0 Å². The molecule has 2 fully saturated rings. The number of epoxide rings is 2. The van der Waals surface area contributed by atoms with Crippen LogP contribution in [0.1, 0.15) is 18.5 Å². The summed E-state index contributed by atoms with van der Waals surface area (Å²) >= 11 is 0. The van der Waals surface area contributed by atoms with Gasteiger partial charge in [-0.1, -0.05) is 42.5 Å². The second-order valence-electron chi connectivity index (χ2n) is 6.11. The van der Waals surface area contributed by atoms with Gasteiger partial charge < -0.3 is 9.47 Å². The monoisotopic (exact) mass is 283 g/mol. The lowest BCUT2D eigenvalue weighted by Gasteiger charge is -2.29. The van der Waals surface area contributed by atoms with Crippen LogP contribution in [0.3, 0.4) is 0 Å². The van der Waals surface area contributed by atoms with Crippen molar-refractivity contribution < 1.29 is 9.47 Å². The first-order valence-electron chi connectivity index (χ1n) is 7.76. The fourth-order valence-corrected chi connectivity index (χ4v) is 3.07. The third-order valence-electron chi connectivity index (χ3n) is 4.50. The number of hydrogen-bond donors (Lipinski definition) is 0. The smallest absolute Gasteiger partial charge is 0.0936 e. The molecule has 3 unspecified atom stereocenters. The maximum absolute atomic E-state index is 5.43. The van der Waals surface area contributed by atoms with Crippen molar-refractivity contribution in [2.24, 2.45) is 0 Å². The molecule has 3 atom stereocenters. The first-order chi connectivity index (χ1) is 10.3. The highest BCUT2D eigenvalue weighted by Crippen LogP contribution is 2.30. The van der Waals surface area contributed by atoms with E-state index in [-0.39, 0.29) is 0 Å². The minimum absolute atomic E-state index is 0.379. The Hall–Kier alpha value is -1.42. The average molecular weight is 283 g/mol. The predicted molar refractivity (Wildman–Crippen MR) is 83.4 cm³/mol. The highest BCUT2D eigenvalue weighted by atomic mass is 16.6. The van der Waals surface area contributed by atoms with Gasteiger partial charge in [-0.05, 0) is 23.3 Å². The van der Waals surface area contributed by atoms with Gasteiger partial charge in [0.05, 0.1) is 25.4 Å². The molecular formula is C18H21NO2. The molecule has 0 N–H and O–H groups in total. The van der Waals surface area contributed by atoms with Crippen molar-refractivity contribution in [2.45, 2.75) is 25.2 Å². The lowest BCUT2D eigenvalue weighted by Crippen LogP contribution is -2.34. The molecule has 0 aromatic heterocycles. The first-order valence-corrected chi connectivity index (χ1v) is 7.76. The summed E-state index contributed by atoms with van der Waals surface area (Å²) in [6, 6.07) is 15.6. The quantitative estimate of drug-likeness (QED) is 0.763. The second kappa shape index (κ2) is 5.41. The largest absolute Gasteiger partial charge is 0.372 e. The first kappa shape index (κ1) is 13.3. The molecule has 3 nitrogen and oxygen atoms in total. The van der Waals surface area contributed by atoms with Crippen molar-refractivity contribution in [3.05, 3.63) is 48.0 Å². The molecule has 0 spiro atoms. The van der Waals surface area contributed by atoms with E-state index in [1.807, 2.05) is 0 Å². The molecule has 0 amide bonds. The maximum Gasteiger partial charge on any atom is 0.0936 e. The van der Waals surface area contributed by atoms with E-state index in [2.05, 4.69) is 54.3 Å². The fraction of sp³-hybridized carbons (Fsp3) is 0.444. The summed E-state index contributed by atoms with van der Waals surface area (Å²) in [5.41, 5.74) is 1.40. The molecule has 2 heterocycles. The zero-order chi connectivity index (χ0) is 14.2. The van der Waals surface area contributed by atoms with Crippen LogP contribution in [0.15, 0.2) is 42.5 Å². The zero-order valence-electron chi connectivity index (χ0n) is 12.4. The molecule has 110 valence electrons. The van der Waals surface area contributed by atoms with E-state index in [0.29, 0.717) is 18.2 Å². The van der Waals surface area contributed by atoms with Crippen LogP contribution in [0.25, 0.3) is 10.8 Å². The molecule has 2 aromatic carbocycles. The van der Waals surface area contributed by atoms with E-state index in [0.717, 1.165) is 26.3 Å². The Bertz CT molecular complexity index is 615. The molecule has 0 bridgehead atoms. The van der Waals surface area contributed by atoms with Gasteiger partial charge in [-0.15, -0.1) is 0 Å². The molecule has 2 aliphatic heterocycles. The molecule has 2 saturated heterocycles. The van der Waals surface area contributed by atoms with Crippen molar-refractivity contribution >= 4 is 10.8 Å². The molecular weight excluding hydrogens is 262 g/mol. The van der Waals surface area contributed by atoms with Crippen LogP contribution in [0, 0.1) is 0 Å². The molecule has 21 heavy (non-hydrogen) atoms. The Morgan fingerprint density at radius 2 is 1.62 bits per heavy atom. The van der Waals surface area contributed by atoms with E-state index >= 15 is 0 Å². The van der Waals surface area contributed by atoms with E-state index in [1.54, 1.807) is 0 Å². The van der Waals surface area contributed by atoms with Crippen LogP contribution < -0.4 is 0 Å². The van der Waals surface area contributed by atoms with Crippen molar-refractivity contribution in [3.63, 3.8) is 0 Å². The maximum atomic E-state index is 5.43. The fourth-order valence-electron chi connectivity index (χ4n) is 3.07. The Kier molecular flexibility index (Phi) is 3.42. The molecule has 3 heteroatoms. The van der Waals surface area contributed by atoms with Crippen LogP contribution >= 0.6 is 0 Å². The van der Waals surface area contributed by atoms with Gasteiger partial charge in [-0.3, -0.25) is 4.90 Å². The van der Waals surface area contributed by atoms with Gasteiger partial charge in [0.25, 0.3) is 0 Å². The molecule has 2 aliphatic rings. The third-order valence-corrected chi connectivity index (χ3v) is 4.50. The predicted octanol–water partition coefficient (Wildman–Crippen LogP) is 3.00. The van der Waals surface area contributed by atoms with Crippen LogP contribution in [-0.4, -0.2) is 43.4 Å². The number of ether oxygens (including phenoxy) is 2. The Balaban J connectivity index is 1.64. The zero-order valence-corrected chi connectivity index (χ0v) is 12.4. The average Bonchev–Trinajstić information content (AvgIpc) is 3.41. The lowest BCUT2D eigenvalue weighted by molar-refractivity contribution is 0.174. The van der Waals surface area contributed by atoms with Crippen molar-refractivity contribution in [3.8, 4) is 0 Å². The van der Waals surface area contributed by atoms with Crippen molar-refractivity contribution in [1.82, 2.24) is 4.90 Å². The van der Waals surface area contributed by atoms with Crippen LogP contribution in [-0.2, 0) is 9.47 Å². The number of fused-ring (bicyclic) bond motifs is 1. The molecule has 4 rings (SSSR count). The van der Waals surface area contributed by atoms with Gasteiger partial charge in [0.1, 0.15) is 0 Å². The number of hydrogen-bond acceptors (Lipinski definition) is 3. The summed E-state index contributed by atoms with van der Waals surface area (Å²) in [5.74, 6) is 0. The Labute approximate surface area is 125 Å². The summed E-state index contributed by atoms with van der Waals surface area (Å²) < 4.78 is 10.9. The van der Waals surface area contributed by atoms with Gasteiger partial charge in [-0.2, -0.15) is 0 Å².